The molecule has 5 nitrogen and oxygen atoms in total. The zero-order valence-corrected chi connectivity index (χ0v) is 13.0. The molecule has 0 fully saturated rings. The fourth-order valence-electron chi connectivity index (χ4n) is 1.75. The molecule has 1 amide bonds. The number of rotatable bonds is 5. The number of anilines is 1. The first kappa shape index (κ1) is 14.6. The Hall–Kier alpha value is -1.82. The van der Waals surface area contributed by atoms with E-state index in [0.717, 1.165) is 0 Å². The molecule has 1 N–H and O–H groups in total. The smallest absolute Gasteiger partial charge is 0.277 e. The lowest BCUT2D eigenvalue weighted by molar-refractivity contribution is 0.102. The number of aromatic nitrogens is 2. The van der Waals surface area contributed by atoms with Crippen molar-refractivity contribution in [2.75, 3.05) is 11.9 Å². The van der Waals surface area contributed by atoms with Gasteiger partial charge in [-0.05, 0) is 41.9 Å². The van der Waals surface area contributed by atoms with Crippen molar-refractivity contribution in [2.24, 2.45) is 0 Å². The molecule has 1 aromatic heterocycles. The van der Waals surface area contributed by atoms with Gasteiger partial charge in [0.25, 0.3) is 5.91 Å². The van der Waals surface area contributed by atoms with Crippen molar-refractivity contribution in [3.8, 4) is 5.75 Å². The molecule has 20 heavy (non-hydrogen) atoms. The van der Waals surface area contributed by atoms with E-state index in [1.165, 1.54) is 0 Å². The average Bonchev–Trinajstić information content (AvgIpc) is 2.82. The fraction of sp³-hybridized carbons (Fsp3) is 0.286. The van der Waals surface area contributed by atoms with E-state index in [1.807, 2.05) is 32.0 Å². The summed E-state index contributed by atoms with van der Waals surface area (Å²) < 4.78 is 7.85. The van der Waals surface area contributed by atoms with E-state index >= 15 is 0 Å². The highest BCUT2D eigenvalue weighted by molar-refractivity contribution is 9.10. The van der Waals surface area contributed by atoms with Gasteiger partial charge in [-0.1, -0.05) is 12.1 Å². The van der Waals surface area contributed by atoms with Crippen molar-refractivity contribution < 1.29 is 9.53 Å². The van der Waals surface area contributed by atoms with Crippen molar-refractivity contribution in [2.45, 2.75) is 20.4 Å². The summed E-state index contributed by atoms with van der Waals surface area (Å²) >= 11 is 3.35. The molecule has 1 heterocycles. The van der Waals surface area contributed by atoms with Gasteiger partial charge in [-0.2, -0.15) is 5.10 Å². The van der Waals surface area contributed by atoms with Crippen molar-refractivity contribution in [1.29, 1.82) is 0 Å². The lowest BCUT2D eigenvalue weighted by Gasteiger charge is -2.10. The minimum atomic E-state index is -0.267. The Labute approximate surface area is 126 Å². The number of para-hydroxylation sites is 2. The zero-order valence-electron chi connectivity index (χ0n) is 11.4. The second-order valence-corrected chi connectivity index (χ2v) is 4.92. The molecular weight excluding hydrogens is 322 g/mol. The maximum atomic E-state index is 12.2. The van der Waals surface area contributed by atoms with Crippen LogP contribution in [0.1, 0.15) is 24.3 Å². The van der Waals surface area contributed by atoms with Crippen molar-refractivity contribution >= 4 is 27.5 Å². The summed E-state index contributed by atoms with van der Waals surface area (Å²) in [6.45, 7) is 5.12. The molecule has 2 aromatic rings. The molecule has 6 heteroatoms. The summed E-state index contributed by atoms with van der Waals surface area (Å²) in [7, 11) is 0. The second kappa shape index (κ2) is 6.56. The Morgan fingerprint density at radius 2 is 2.15 bits per heavy atom. The Balaban J connectivity index is 2.21. The van der Waals surface area contributed by atoms with E-state index in [2.05, 4.69) is 26.3 Å². The number of ether oxygens (including phenoxy) is 1. The lowest BCUT2D eigenvalue weighted by Crippen LogP contribution is -2.14. The van der Waals surface area contributed by atoms with Gasteiger partial charge in [0.15, 0.2) is 5.69 Å². The number of aryl methyl sites for hydroxylation is 1. The predicted molar refractivity (Wildman–Crippen MR) is 81.2 cm³/mol. The molecule has 106 valence electrons. The van der Waals surface area contributed by atoms with Gasteiger partial charge in [-0.3, -0.25) is 9.48 Å². The third-order valence-corrected chi connectivity index (χ3v) is 3.27. The molecule has 0 saturated carbocycles. The molecule has 0 spiro atoms. The van der Waals surface area contributed by atoms with Crippen LogP contribution in [-0.2, 0) is 6.54 Å². The van der Waals surface area contributed by atoms with Crippen LogP contribution in [0.15, 0.2) is 34.9 Å². The zero-order chi connectivity index (χ0) is 14.5. The Morgan fingerprint density at radius 1 is 1.40 bits per heavy atom. The summed E-state index contributed by atoms with van der Waals surface area (Å²) in [6.07, 6.45) is 1.78. The van der Waals surface area contributed by atoms with Crippen LogP contribution >= 0.6 is 15.9 Å². The molecule has 0 radical (unpaired) electrons. The number of halogens is 1. The SMILES string of the molecule is CCOc1ccccc1NC(=O)c1nn(CC)cc1Br. The van der Waals surface area contributed by atoms with Crippen molar-refractivity contribution in [1.82, 2.24) is 9.78 Å². The molecule has 0 unspecified atom stereocenters. The molecule has 2 rings (SSSR count). The number of nitrogens with one attached hydrogen (secondary N) is 1. The second-order valence-electron chi connectivity index (χ2n) is 4.06. The van der Waals surface area contributed by atoms with Gasteiger partial charge in [0.1, 0.15) is 5.75 Å². The highest BCUT2D eigenvalue weighted by Gasteiger charge is 2.16. The fourth-order valence-corrected chi connectivity index (χ4v) is 2.24. The standard InChI is InChI=1S/C14H16BrN3O2/c1-3-18-9-10(15)13(17-18)14(19)16-11-7-5-6-8-12(11)20-4-2/h5-9H,3-4H2,1-2H3,(H,16,19). The number of carbonyl (C=O) groups is 1. The number of hydrogen-bond acceptors (Lipinski definition) is 3. The largest absolute Gasteiger partial charge is 0.492 e. The van der Waals surface area contributed by atoms with Crippen molar-refractivity contribution in [3.63, 3.8) is 0 Å². The van der Waals surface area contributed by atoms with Crippen LogP contribution in [0, 0.1) is 0 Å². The van der Waals surface area contributed by atoms with Gasteiger partial charge < -0.3 is 10.1 Å². The average molecular weight is 338 g/mol. The normalized spacial score (nSPS) is 10.3. The van der Waals surface area contributed by atoms with Gasteiger partial charge in [0.05, 0.1) is 16.8 Å². The van der Waals surface area contributed by atoms with Crippen LogP contribution in [0.2, 0.25) is 0 Å². The maximum absolute atomic E-state index is 12.2. The molecule has 1 aromatic carbocycles. The number of hydrogen-bond donors (Lipinski definition) is 1. The lowest BCUT2D eigenvalue weighted by atomic mass is 10.3. The quantitative estimate of drug-likeness (QED) is 0.910. The van der Waals surface area contributed by atoms with Crippen LogP contribution in [0.5, 0.6) is 5.75 Å². The van der Waals surface area contributed by atoms with Gasteiger partial charge in [0.2, 0.25) is 0 Å². The first-order valence-corrected chi connectivity index (χ1v) is 7.21. The predicted octanol–water partition coefficient (Wildman–Crippen LogP) is 3.32. The number of benzene rings is 1. The molecule has 0 aliphatic heterocycles. The Bertz CT molecular complexity index is 610. The van der Waals surface area contributed by atoms with Gasteiger partial charge in [-0.15, -0.1) is 0 Å². The van der Waals surface area contributed by atoms with Crippen LogP contribution in [0.3, 0.4) is 0 Å². The van der Waals surface area contributed by atoms with Crippen molar-refractivity contribution in [3.05, 3.63) is 40.6 Å². The van der Waals surface area contributed by atoms with Gasteiger partial charge in [-0.25, -0.2) is 0 Å². The summed E-state index contributed by atoms with van der Waals surface area (Å²) in [5.74, 6) is 0.380. The summed E-state index contributed by atoms with van der Waals surface area (Å²) in [5, 5.41) is 7.04. The Morgan fingerprint density at radius 3 is 2.80 bits per heavy atom. The van der Waals surface area contributed by atoms with E-state index in [9.17, 15) is 4.79 Å². The summed E-state index contributed by atoms with van der Waals surface area (Å²) in [4.78, 5) is 12.2. The third-order valence-electron chi connectivity index (χ3n) is 2.69. The van der Waals surface area contributed by atoms with Gasteiger partial charge in [0, 0.05) is 12.7 Å². The third kappa shape index (κ3) is 3.19. The van der Waals surface area contributed by atoms with E-state index in [-0.39, 0.29) is 5.91 Å². The van der Waals surface area contributed by atoms with Crippen LogP contribution in [0.25, 0.3) is 0 Å². The summed E-state index contributed by atoms with van der Waals surface area (Å²) in [6, 6.07) is 7.33. The molecule has 0 bridgehead atoms. The van der Waals surface area contributed by atoms with E-state index < -0.39 is 0 Å². The molecule has 0 atom stereocenters. The minimum absolute atomic E-state index is 0.267. The molecule has 0 aliphatic carbocycles. The van der Waals surface area contributed by atoms with Crippen LogP contribution < -0.4 is 10.1 Å². The van der Waals surface area contributed by atoms with Gasteiger partial charge >= 0.3 is 0 Å². The maximum Gasteiger partial charge on any atom is 0.277 e. The first-order chi connectivity index (χ1) is 9.65. The highest BCUT2D eigenvalue weighted by atomic mass is 79.9. The Kier molecular flexibility index (Phi) is 4.79. The number of nitrogens with zero attached hydrogens (tertiary/aromatic N) is 2. The summed E-state index contributed by atoms with van der Waals surface area (Å²) in [5.41, 5.74) is 0.996. The molecular formula is C14H16BrN3O2. The topological polar surface area (TPSA) is 56.1 Å². The molecule has 0 saturated heterocycles. The first-order valence-electron chi connectivity index (χ1n) is 6.41. The number of carbonyl (C=O) groups excluding carboxylic acids is 1. The molecule has 0 aliphatic rings. The van der Waals surface area contributed by atoms with E-state index in [4.69, 9.17) is 4.74 Å². The van der Waals surface area contributed by atoms with Crippen LogP contribution in [0.4, 0.5) is 5.69 Å². The van der Waals surface area contributed by atoms with E-state index in [1.54, 1.807) is 16.9 Å². The van der Waals surface area contributed by atoms with E-state index in [0.29, 0.717) is 34.8 Å². The van der Waals surface area contributed by atoms with Crippen LogP contribution in [-0.4, -0.2) is 22.3 Å². The monoisotopic (exact) mass is 337 g/mol. The minimum Gasteiger partial charge on any atom is -0.492 e. The highest BCUT2D eigenvalue weighted by Crippen LogP contribution is 2.25. The number of amides is 1.